The molecule has 1 aromatic carbocycles. The van der Waals surface area contributed by atoms with Crippen LogP contribution in [-0.2, 0) is 16.6 Å². The number of hydrogen-bond acceptors (Lipinski definition) is 3. The summed E-state index contributed by atoms with van der Waals surface area (Å²) in [5, 5.41) is 8.10. The number of amides is 1. The van der Waals surface area contributed by atoms with Crippen LogP contribution in [0.4, 0.5) is 0 Å². The molecule has 6 heteroatoms. The van der Waals surface area contributed by atoms with Crippen LogP contribution in [0.15, 0.2) is 73.6 Å². The number of ether oxygens (including phenoxy) is 1. The van der Waals surface area contributed by atoms with Gasteiger partial charge in [0.15, 0.2) is 0 Å². The number of allylic oxidation sites excluding steroid dienone is 2. The molecule has 3 heterocycles. The molecule has 0 spiro atoms. The standard InChI is InChI=1S/C13H13N3.C9H13NO2.C4H8.C3H8.C2H6/c1-9-5-11-4-3-10(6-13(11)16(9)2)12-7-14-15-8-12;1-3-8(2)9-6-12-5-4-10(9)7-11;1-3-4-2;1-3-2;1-2/h3-8H,1-2H3,(H,14,15);3,7,9H,1-2,4-6H2;3-4H,1-2H3;3H2,1-2H3;1-2H3/b;;4-3-;;/t;9-;;;/m.1.../s1. The Morgan fingerprint density at radius 2 is 1.84 bits per heavy atom. The van der Waals surface area contributed by atoms with Crippen LogP contribution in [-0.4, -0.2) is 51.9 Å². The molecule has 0 unspecified atom stereocenters. The highest BCUT2D eigenvalue weighted by molar-refractivity contribution is 5.86. The van der Waals surface area contributed by atoms with Gasteiger partial charge in [-0.15, -0.1) is 0 Å². The molecular weight excluding hydrogens is 460 g/mol. The maximum absolute atomic E-state index is 10.6. The van der Waals surface area contributed by atoms with Crippen molar-refractivity contribution in [3.8, 4) is 11.1 Å². The zero-order valence-corrected chi connectivity index (χ0v) is 24.3. The number of carbonyl (C=O) groups excluding carboxylic acids is 1. The highest BCUT2D eigenvalue weighted by atomic mass is 16.5. The Bertz CT molecular complexity index is 1060. The number of hydrogen-bond donors (Lipinski definition) is 1. The highest BCUT2D eigenvalue weighted by Crippen LogP contribution is 2.25. The van der Waals surface area contributed by atoms with Crippen molar-refractivity contribution >= 4 is 17.3 Å². The lowest BCUT2D eigenvalue weighted by Gasteiger charge is -2.32. The third-order valence-electron chi connectivity index (χ3n) is 5.45. The third-order valence-corrected chi connectivity index (χ3v) is 5.45. The van der Waals surface area contributed by atoms with E-state index in [-0.39, 0.29) is 6.04 Å². The van der Waals surface area contributed by atoms with E-state index in [1.165, 1.54) is 28.6 Å². The van der Waals surface area contributed by atoms with Gasteiger partial charge in [-0.2, -0.15) is 5.10 Å². The summed E-state index contributed by atoms with van der Waals surface area (Å²) >= 11 is 0. The Hall–Kier alpha value is -3.38. The van der Waals surface area contributed by atoms with E-state index in [2.05, 4.69) is 80.0 Å². The molecule has 0 aliphatic carbocycles. The molecule has 0 saturated carbocycles. The summed E-state index contributed by atoms with van der Waals surface area (Å²) in [6, 6.07) is 8.67. The van der Waals surface area contributed by atoms with Crippen molar-refractivity contribution in [2.75, 3.05) is 19.8 Å². The fourth-order valence-electron chi connectivity index (χ4n) is 3.26. The average Bonchev–Trinajstić information content (AvgIpc) is 3.58. The molecule has 0 bridgehead atoms. The van der Waals surface area contributed by atoms with Crippen molar-refractivity contribution in [3.63, 3.8) is 0 Å². The Morgan fingerprint density at radius 1 is 1.19 bits per heavy atom. The molecule has 1 amide bonds. The molecule has 4 rings (SSSR count). The van der Waals surface area contributed by atoms with Gasteiger partial charge in [-0.05, 0) is 49.4 Å². The van der Waals surface area contributed by atoms with Gasteiger partial charge in [0.05, 0.1) is 25.5 Å². The van der Waals surface area contributed by atoms with Gasteiger partial charge < -0.3 is 14.2 Å². The lowest BCUT2D eigenvalue weighted by atomic mass is 10.1. The van der Waals surface area contributed by atoms with Crippen molar-refractivity contribution in [2.45, 2.75) is 60.9 Å². The minimum atomic E-state index is -0.0197. The summed E-state index contributed by atoms with van der Waals surface area (Å²) in [5.74, 6) is 0. The molecule has 6 nitrogen and oxygen atoms in total. The second-order valence-corrected chi connectivity index (χ2v) is 8.19. The van der Waals surface area contributed by atoms with Crippen LogP contribution < -0.4 is 0 Å². The first kappa shape index (κ1) is 33.6. The van der Waals surface area contributed by atoms with Gasteiger partial charge >= 0.3 is 0 Å². The molecule has 1 atom stereocenters. The van der Waals surface area contributed by atoms with Gasteiger partial charge in [-0.1, -0.05) is 77.6 Å². The zero-order chi connectivity index (χ0) is 28.2. The van der Waals surface area contributed by atoms with Crippen molar-refractivity contribution in [3.05, 3.63) is 79.3 Å². The number of aryl methyl sites for hydroxylation is 2. The molecule has 1 N–H and O–H groups in total. The maximum atomic E-state index is 10.6. The molecule has 1 fully saturated rings. The molecule has 1 saturated heterocycles. The first-order chi connectivity index (χ1) is 17.9. The van der Waals surface area contributed by atoms with E-state index in [0.29, 0.717) is 19.8 Å². The molecule has 2 aromatic heterocycles. The summed E-state index contributed by atoms with van der Waals surface area (Å²) in [5.41, 5.74) is 5.69. The van der Waals surface area contributed by atoms with E-state index in [0.717, 1.165) is 17.5 Å². The van der Waals surface area contributed by atoms with Crippen molar-refractivity contribution in [2.24, 2.45) is 7.05 Å². The summed E-state index contributed by atoms with van der Waals surface area (Å²) in [6.45, 7) is 23.6. The molecule has 3 aromatic rings. The van der Waals surface area contributed by atoms with Crippen LogP contribution in [0.3, 0.4) is 0 Å². The second kappa shape index (κ2) is 19.8. The molecule has 0 radical (unpaired) electrons. The number of nitrogens with one attached hydrogen (secondary N) is 1. The lowest BCUT2D eigenvalue weighted by molar-refractivity contribution is -0.124. The molecule has 204 valence electrons. The molecule has 1 aliphatic rings. The number of rotatable bonds is 4. The van der Waals surface area contributed by atoms with Gasteiger partial charge in [-0.25, -0.2) is 0 Å². The number of nitrogens with zero attached hydrogens (tertiary/aromatic N) is 3. The van der Waals surface area contributed by atoms with E-state index in [1.54, 1.807) is 11.0 Å². The molecule has 1 aliphatic heterocycles. The molecule has 37 heavy (non-hydrogen) atoms. The Kier molecular flexibility index (Phi) is 18.0. The Labute approximate surface area is 224 Å². The lowest BCUT2D eigenvalue weighted by Crippen LogP contribution is -2.45. The van der Waals surface area contributed by atoms with Gasteiger partial charge in [0.2, 0.25) is 6.41 Å². The molecular formula is C31H48N4O2. The fourth-order valence-corrected chi connectivity index (χ4v) is 3.26. The number of fused-ring (bicyclic) bond motifs is 1. The van der Waals surface area contributed by atoms with Crippen LogP contribution >= 0.6 is 0 Å². The number of morpholine rings is 1. The van der Waals surface area contributed by atoms with E-state index >= 15 is 0 Å². The highest BCUT2D eigenvalue weighted by Gasteiger charge is 2.22. The van der Waals surface area contributed by atoms with Gasteiger partial charge in [0.25, 0.3) is 0 Å². The largest absolute Gasteiger partial charge is 0.377 e. The summed E-state index contributed by atoms with van der Waals surface area (Å²) in [7, 11) is 2.09. The van der Waals surface area contributed by atoms with Crippen LogP contribution in [0.2, 0.25) is 0 Å². The van der Waals surface area contributed by atoms with Gasteiger partial charge in [-0.3, -0.25) is 9.89 Å². The number of benzene rings is 1. The topological polar surface area (TPSA) is 63.1 Å². The summed E-state index contributed by atoms with van der Waals surface area (Å²) in [4.78, 5) is 12.3. The maximum Gasteiger partial charge on any atom is 0.210 e. The van der Waals surface area contributed by atoms with Crippen LogP contribution in [0, 0.1) is 6.92 Å². The summed E-state index contributed by atoms with van der Waals surface area (Å²) in [6.07, 6.45) is 11.5. The van der Waals surface area contributed by atoms with Crippen molar-refractivity contribution < 1.29 is 9.53 Å². The number of H-pyrrole nitrogens is 1. The Balaban J connectivity index is 0.000000546. The fraction of sp³-hybridized carbons (Fsp3) is 0.419. The quantitative estimate of drug-likeness (QED) is 0.226. The summed E-state index contributed by atoms with van der Waals surface area (Å²) < 4.78 is 7.44. The van der Waals surface area contributed by atoms with E-state index in [4.69, 9.17) is 4.74 Å². The van der Waals surface area contributed by atoms with Crippen molar-refractivity contribution in [1.29, 1.82) is 0 Å². The van der Waals surface area contributed by atoms with Gasteiger partial charge in [0.1, 0.15) is 0 Å². The van der Waals surface area contributed by atoms with E-state index in [9.17, 15) is 4.79 Å². The predicted octanol–water partition coefficient (Wildman–Crippen LogP) is 7.49. The van der Waals surface area contributed by atoms with Gasteiger partial charge in [0, 0.05) is 36.6 Å². The Morgan fingerprint density at radius 3 is 2.35 bits per heavy atom. The number of carbonyl (C=O) groups is 1. The van der Waals surface area contributed by atoms with Crippen LogP contribution in [0.1, 0.15) is 53.7 Å². The first-order valence-electron chi connectivity index (χ1n) is 13.1. The monoisotopic (exact) mass is 508 g/mol. The predicted molar refractivity (Wildman–Crippen MR) is 160 cm³/mol. The van der Waals surface area contributed by atoms with E-state index in [1.807, 2.05) is 52.2 Å². The van der Waals surface area contributed by atoms with Crippen LogP contribution in [0.25, 0.3) is 22.0 Å². The SMILES string of the molecule is C/C=C\C.C=CC(=C)[C@H]1COCCN1C=O.CC.CCC.Cc1cc2ccc(-c3cn[nH]c3)cc2n1C. The normalized spacial score (nSPS) is 14.1. The smallest absolute Gasteiger partial charge is 0.210 e. The first-order valence-corrected chi connectivity index (χ1v) is 13.1. The van der Waals surface area contributed by atoms with Crippen molar-refractivity contribution in [1.82, 2.24) is 19.7 Å². The average molecular weight is 509 g/mol. The minimum absolute atomic E-state index is 0.0197. The third kappa shape index (κ3) is 11.0. The second-order valence-electron chi connectivity index (χ2n) is 8.19. The zero-order valence-electron chi connectivity index (χ0n) is 24.3. The van der Waals surface area contributed by atoms with E-state index < -0.39 is 0 Å². The minimum Gasteiger partial charge on any atom is -0.377 e. The number of aromatic nitrogens is 3. The number of aromatic amines is 1. The van der Waals surface area contributed by atoms with Crippen LogP contribution in [0.5, 0.6) is 0 Å².